The lowest BCUT2D eigenvalue weighted by Gasteiger charge is -2.31. The van der Waals surface area contributed by atoms with Crippen molar-refractivity contribution < 1.29 is 23.9 Å². The number of carbonyl (C=O) groups excluding carboxylic acids is 2. The Balaban J connectivity index is 2.13. The first-order chi connectivity index (χ1) is 16.0. The van der Waals surface area contributed by atoms with Crippen molar-refractivity contribution in [3.05, 3.63) is 50.9 Å². The zero-order valence-corrected chi connectivity index (χ0v) is 21.9. The molecule has 1 N–H and O–H groups in total. The molecule has 1 aliphatic carbocycles. The first-order valence-electron chi connectivity index (χ1n) is 12.3. The van der Waals surface area contributed by atoms with Crippen LogP contribution in [0.1, 0.15) is 87.6 Å². The quantitative estimate of drug-likeness (QED) is 0.410. The van der Waals surface area contributed by atoms with Gasteiger partial charge in [-0.15, -0.1) is 0 Å². The maximum Gasteiger partial charge on any atom is 0.316 e. The molecule has 0 saturated heterocycles. The highest BCUT2D eigenvalue weighted by molar-refractivity contribution is 6.01. The van der Waals surface area contributed by atoms with Crippen molar-refractivity contribution in [1.29, 1.82) is 0 Å². The Kier molecular flexibility index (Phi) is 7.91. The molecule has 0 fully saturated rings. The molecule has 0 bridgehead atoms. The van der Waals surface area contributed by atoms with Crippen molar-refractivity contribution >= 4 is 11.8 Å². The molecule has 6 nitrogen and oxygen atoms in total. The number of ether oxygens (including phenoxy) is 2. The van der Waals surface area contributed by atoms with E-state index in [1.807, 2.05) is 40.7 Å². The van der Waals surface area contributed by atoms with Gasteiger partial charge in [-0.3, -0.25) is 19.9 Å². The van der Waals surface area contributed by atoms with Gasteiger partial charge in [0.15, 0.2) is 5.78 Å². The highest BCUT2D eigenvalue weighted by Crippen LogP contribution is 2.47. The van der Waals surface area contributed by atoms with E-state index in [0.29, 0.717) is 49.5 Å². The molecule has 6 heteroatoms. The molecule has 186 valence electrons. The lowest BCUT2D eigenvalue weighted by atomic mass is 9.77. The number of esters is 1. The van der Waals surface area contributed by atoms with E-state index in [1.165, 1.54) is 16.7 Å². The number of rotatable bonds is 7. The number of benzene rings is 1. The minimum absolute atomic E-state index is 0.0655. The number of nitrogens with one attached hydrogen (secondary N) is 1. The smallest absolute Gasteiger partial charge is 0.316 e. The SMILES string of the molecule is CCC=C(NOCC)C1=C(OC(=O)C(C)(C)C)CC(c2c(C)c(C)c(C)c3c2OCC3)CC1=O. The predicted molar refractivity (Wildman–Crippen MR) is 133 cm³/mol. The summed E-state index contributed by atoms with van der Waals surface area (Å²) in [6, 6.07) is 0. The predicted octanol–water partition coefficient (Wildman–Crippen LogP) is 5.67. The van der Waals surface area contributed by atoms with Gasteiger partial charge in [-0.2, -0.15) is 0 Å². The summed E-state index contributed by atoms with van der Waals surface area (Å²) in [6.07, 6.45) is 4.24. The Hall–Kier alpha value is -2.60. The Bertz CT molecular complexity index is 1040. The van der Waals surface area contributed by atoms with Crippen LogP contribution in [-0.2, 0) is 25.6 Å². The summed E-state index contributed by atoms with van der Waals surface area (Å²) in [5, 5.41) is 0. The third kappa shape index (κ3) is 5.07. The monoisotopic (exact) mass is 469 g/mol. The largest absolute Gasteiger partial charge is 0.493 e. The second kappa shape index (κ2) is 10.3. The second-order valence-corrected chi connectivity index (χ2v) is 10.2. The van der Waals surface area contributed by atoms with E-state index in [9.17, 15) is 9.59 Å². The molecule has 0 amide bonds. The Morgan fingerprint density at radius 2 is 1.82 bits per heavy atom. The molecule has 0 aromatic heterocycles. The highest BCUT2D eigenvalue weighted by atomic mass is 16.6. The molecule has 1 atom stereocenters. The lowest BCUT2D eigenvalue weighted by molar-refractivity contribution is -0.149. The number of ketones is 1. The molecule has 1 aromatic carbocycles. The van der Waals surface area contributed by atoms with E-state index in [2.05, 4.69) is 26.3 Å². The Labute approximate surface area is 203 Å². The van der Waals surface area contributed by atoms with Crippen LogP contribution in [0.15, 0.2) is 23.1 Å². The molecular weight excluding hydrogens is 430 g/mol. The molecule has 0 spiro atoms. The first-order valence-corrected chi connectivity index (χ1v) is 12.3. The summed E-state index contributed by atoms with van der Waals surface area (Å²) < 4.78 is 12.0. The van der Waals surface area contributed by atoms with Crippen LogP contribution in [0.2, 0.25) is 0 Å². The summed E-state index contributed by atoms with van der Waals surface area (Å²) in [5.41, 5.74) is 9.13. The van der Waals surface area contributed by atoms with E-state index in [1.54, 1.807) is 0 Å². The van der Waals surface area contributed by atoms with Crippen molar-refractivity contribution in [2.75, 3.05) is 13.2 Å². The van der Waals surface area contributed by atoms with E-state index >= 15 is 0 Å². The van der Waals surface area contributed by atoms with Gasteiger partial charge in [-0.1, -0.05) is 13.0 Å². The zero-order chi connectivity index (χ0) is 25.2. The standard InChI is InChI=1S/C28H39NO5/c1-9-11-21(29-33-10-2)25-22(30)14-19(15-23(25)34-27(31)28(6,7)8)24-18(5)16(3)17(4)20-12-13-32-26(20)24/h11,19,29H,9-10,12-15H2,1-8H3. The number of hydrogen-bond acceptors (Lipinski definition) is 6. The normalized spacial score (nSPS) is 18.6. The van der Waals surface area contributed by atoms with Crippen LogP contribution in [0, 0.1) is 26.2 Å². The van der Waals surface area contributed by atoms with Crippen molar-refractivity contribution in [2.45, 2.75) is 87.0 Å². The summed E-state index contributed by atoms with van der Waals surface area (Å²) >= 11 is 0. The van der Waals surface area contributed by atoms with Crippen LogP contribution in [0.4, 0.5) is 0 Å². The van der Waals surface area contributed by atoms with E-state index in [0.717, 1.165) is 23.3 Å². The average Bonchev–Trinajstić information content (AvgIpc) is 3.24. The number of hydrogen-bond donors (Lipinski definition) is 1. The molecule has 3 rings (SSSR count). The van der Waals surface area contributed by atoms with Crippen LogP contribution in [0.3, 0.4) is 0 Å². The fraction of sp³-hybridized carbons (Fsp3) is 0.571. The molecule has 1 heterocycles. The van der Waals surface area contributed by atoms with E-state index in [-0.39, 0.29) is 17.7 Å². The maximum absolute atomic E-state index is 13.6. The Morgan fingerprint density at radius 3 is 2.44 bits per heavy atom. The molecular formula is C28H39NO5. The first kappa shape index (κ1) is 26.0. The third-order valence-electron chi connectivity index (χ3n) is 6.76. The van der Waals surface area contributed by atoms with Gasteiger partial charge < -0.3 is 9.47 Å². The van der Waals surface area contributed by atoms with Crippen LogP contribution in [0.5, 0.6) is 5.75 Å². The van der Waals surface area contributed by atoms with Gasteiger partial charge in [0, 0.05) is 36.3 Å². The van der Waals surface area contributed by atoms with Crippen LogP contribution < -0.4 is 10.2 Å². The highest BCUT2D eigenvalue weighted by Gasteiger charge is 2.38. The summed E-state index contributed by atoms with van der Waals surface area (Å²) in [5.74, 6) is 0.765. The molecule has 34 heavy (non-hydrogen) atoms. The summed E-state index contributed by atoms with van der Waals surface area (Å²) in [6.45, 7) is 16.8. The van der Waals surface area contributed by atoms with Crippen LogP contribution in [0.25, 0.3) is 0 Å². The molecule has 1 aliphatic heterocycles. The van der Waals surface area contributed by atoms with Gasteiger partial charge >= 0.3 is 5.97 Å². The third-order valence-corrected chi connectivity index (χ3v) is 6.76. The van der Waals surface area contributed by atoms with Gasteiger partial charge in [0.2, 0.25) is 0 Å². The maximum atomic E-state index is 13.6. The minimum Gasteiger partial charge on any atom is -0.493 e. The number of fused-ring (bicyclic) bond motifs is 1. The Morgan fingerprint density at radius 1 is 1.12 bits per heavy atom. The fourth-order valence-electron chi connectivity index (χ4n) is 4.72. The van der Waals surface area contributed by atoms with Crippen LogP contribution in [-0.4, -0.2) is 25.0 Å². The van der Waals surface area contributed by atoms with Gasteiger partial charge in [-0.05, 0) is 71.6 Å². The van der Waals surface area contributed by atoms with Crippen molar-refractivity contribution in [3.63, 3.8) is 0 Å². The second-order valence-electron chi connectivity index (χ2n) is 10.2. The van der Waals surface area contributed by atoms with Gasteiger partial charge in [0.1, 0.15) is 11.5 Å². The van der Waals surface area contributed by atoms with Gasteiger partial charge in [-0.25, -0.2) is 0 Å². The van der Waals surface area contributed by atoms with Crippen molar-refractivity contribution in [2.24, 2.45) is 5.41 Å². The minimum atomic E-state index is -0.698. The summed E-state index contributed by atoms with van der Waals surface area (Å²) in [4.78, 5) is 32.0. The van der Waals surface area contributed by atoms with E-state index < -0.39 is 5.41 Å². The lowest BCUT2D eigenvalue weighted by Crippen LogP contribution is -2.30. The topological polar surface area (TPSA) is 73.9 Å². The molecule has 1 unspecified atom stereocenters. The summed E-state index contributed by atoms with van der Waals surface area (Å²) in [7, 11) is 0. The fourth-order valence-corrected chi connectivity index (χ4v) is 4.72. The number of allylic oxidation sites excluding steroid dienone is 3. The number of Topliss-reactive ketones (excluding diaryl/α,β-unsaturated/α-hetero) is 1. The average molecular weight is 470 g/mol. The van der Waals surface area contributed by atoms with Gasteiger partial charge in [0.05, 0.1) is 29.9 Å². The van der Waals surface area contributed by atoms with Crippen molar-refractivity contribution in [1.82, 2.24) is 5.48 Å². The van der Waals surface area contributed by atoms with Crippen molar-refractivity contribution in [3.8, 4) is 5.75 Å². The van der Waals surface area contributed by atoms with Crippen LogP contribution >= 0.6 is 0 Å². The number of hydroxylamine groups is 1. The zero-order valence-electron chi connectivity index (χ0n) is 21.9. The molecule has 0 radical (unpaired) electrons. The van der Waals surface area contributed by atoms with E-state index in [4.69, 9.17) is 14.3 Å². The molecule has 1 aromatic rings. The van der Waals surface area contributed by atoms with Gasteiger partial charge in [0.25, 0.3) is 0 Å². The molecule has 2 aliphatic rings. The number of carbonyl (C=O) groups is 2. The molecule has 0 saturated carbocycles.